The van der Waals surface area contributed by atoms with Crippen LogP contribution >= 0.6 is 0 Å². The van der Waals surface area contributed by atoms with E-state index in [1.54, 1.807) is 12.4 Å². The second-order valence-electron chi connectivity index (χ2n) is 2.96. The van der Waals surface area contributed by atoms with Crippen molar-refractivity contribution in [1.29, 1.82) is 0 Å². The minimum absolute atomic E-state index is 0.236. The molecule has 0 radical (unpaired) electrons. The van der Waals surface area contributed by atoms with Crippen molar-refractivity contribution in [3.05, 3.63) is 12.2 Å². The van der Waals surface area contributed by atoms with E-state index in [1.165, 1.54) is 0 Å². The number of nitrogens with zero attached hydrogens (tertiary/aromatic N) is 2. The molecule has 3 heteroatoms. The molecule has 2 rings (SSSR count). The van der Waals surface area contributed by atoms with Gasteiger partial charge in [-0.2, -0.15) is 0 Å². The zero-order chi connectivity index (χ0) is 8.23. The molecule has 0 fully saturated rings. The average molecular weight is 164 g/mol. The van der Waals surface area contributed by atoms with Gasteiger partial charge in [0.15, 0.2) is 0 Å². The molecular formula is C9H12N2O. The highest BCUT2D eigenvalue weighted by molar-refractivity contribution is 6.16. The van der Waals surface area contributed by atoms with Crippen LogP contribution in [0.1, 0.15) is 6.42 Å². The SMILES string of the molecule is C1=CCC(C2CN=CC=N2)OC1. The molecule has 2 aliphatic heterocycles. The molecular weight excluding hydrogens is 152 g/mol. The van der Waals surface area contributed by atoms with Gasteiger partial charge in [0.1, 0.15) is 0 Å². The first-order chi connectivity index (χ1) is 5.97. The topological polar surface area (TPSA) is 34.0 Å². The van der Waals surface area contributed by atoms with Crippen LogP contribution in [-0.2, 0) is 4.74 Å². The fourth-order valence-electron chi connectivity index (χ4n) is 1.44. The van der Waals surface area contributed by atoms with Crippen LogP contribution in [0.25, 0.3) is 0 Å². The molecule has 0 aromatic rings. The molecule has 12 heavy (non-hydrogen) atoms. The van der Waals surface area contributed by atoms with Crippen LogP contribution < -0.4 is 0 Å². The minimum Gasteiger partial charge on any atom is -0.372 e. The van der Waals surface area contributed by atoms with Crippen LogP contribution in [0.15, 0.2) is 22.1 Å². The fourth-order valence-corrected chi connectivity index (χ4v) is 1.44. The van der Waals surface area contributed by atoms with E-state index in [9.17, 15) is 0 Å². The monoisotopic (exact) mass is 164 g/mol. The zero-order valence-electron chi connectivity index (χ0n) is 6.89. The Morgan fingerprint density at radius 2 is 2.25 bits per heavy atom. The molecule has 2 unspecified atom stereocenters. The highest BCUT2D eigenvalue weighted by Crippen LogP contribution is 2.14. The molecule has 2 aliphatic rings. The summed E-state index contributed by atoms with van der Waals surface area (Å²) in [6.45, 7) is 1.50. The van der Waals surface area contributed by atoms with E-state index in [2.05, 4.69) is 16.1 Å². The molecule has 0 N–H and O–H groups in total. The molecule has 64 valence electrons. The Morgan fingerprint density at radius 3 is 2.92 bits per heavy atom. The van der Waals surface area contributed by atoms with E-state index in [4.69, 9.17) is 4.74 Å². The van der Waals surface area contributed by atoms with Crippen molar-refractivity contribution in [1.82, 2.24) is 0 Å². The van der Waals surface area contributed by atoms with Crippen LogP contribution in [0.5, 0.6) is 0 Å². The summed E-state index contributed by atoms with van der Waals surface area (Å²) in [5.41, 5.74) is 0. The van der Waals surface area contributed by atoms with Crippen LogP contribution in [0, 0.1) is 0 Å². The Labute approximate surface area is 71.9 Å². The largest absolute Gasteiger partial charge is 0.372 e. The summed E-state index contributed by atoms with van der Waals surface area (Å²) in [6.07, 6.45) is 8.92. The van der Waals surface area contributed by atoms with Crippen molar-refractivity contribution in [2.75, 3.05) is 13.2 Å². The van der Waals surface area contributed by atoms with Gasteiger partial charge in [-0.05, 0) is 6.42 Å². The maximum atomic E-state index is 5.54. The maximum absolute atomic E-state index is 5.54. The highest BCUT2D eigenvalue weighted by Gasteiger charge is 2.21. The van der Waals surface area contributed by atoms with Crippen LogP contribution in [-0.4, -0.2) is 37.7 Å². The van der Waals surface area contributed by atoms with Crippen molar-refractivity contribution in [3.8, 4) is 0 Å². The van der Waals surface area contributed by atoms with Gasteiger partial charge in [0.25, 0.3) is 0 Å². The van der Waals surface area contributed by atoms with Crippen LogP contribution in [0.3, 0.4) is 0 Å². The third kappa shape index (κ3) is 1.61. The molecule has 0 saturated carbocycles. The van der Waals surface area contributed by atoms with Gasteiger partial charge in [0.2, 0.25) is 0 Å². The number of hydrogen-bond acceptors (Lipinski definition) is 3. The van der Waals surface area contributed by atoms with E-state index >= 15 is 0 Å². The number of aliphatic imine (C=N–C) groups is 2. The standard InChI is InChI=1S/C9H12N2O/c1-2-6-12-9(3-1)8-7-10-4-5-11-8/h1-2,4-5,8-9H,3,6-7H2. The van der Waals surface area contributed by atoms with Gasteiger partial charge in [0.05, 0.1) is 25.3 Å². The summed E-state index contributed by atoms with van der Waals surface area (Å²) in [5, 5.41) is 0. The molecule has 2 atom stereocenters. The summed E-state index contributed by atoms with van der Waals surface area (Å²) in [4.78, 5) is 8.48. The molecule has 0 aliphatic carbocycles. The first-order valence-electron chi connectivity index (χ1n) is 4.25. The van der Waals surface area contributed by atoms with E-state index in [0.717, 1.165) is 19.6 Å². The van der Waals surface area contributed by atoms with Crippen molar-refractivity contribution in [3.63, 3.8) is 0 Å². The predicted molar refractivity (Wildman–Crippen MR) is 49.1 cm³/mol. The van der Waals surface area contributed by atoms with Gasteiger partial charge < -0.3 is 4.74 Å². The molecule has 2 heterocycles. The lowest BCUT2D eigenvalue weighted by Gasteiger charge is -2.24. The first kappa shape index (κ1) is 7.68. The maximum Gasteiger partial charge on any atom is 0.0959 e. The van der Waals surface area contributed by atoms with Gasteiger partial charge in [0, 0.05) is 12.4 Å². The quantitative estimate of drug-likeness (QED) is 0.529. The normalized spacial score (nSPS) is 34.0. The lowest BCUT2D eigenvalue weighted by molar-refractivity contribution is 0.0515. The van der Waals surface area contributed by atoms with Gasteiger partial charge in [-0.15, -0.1) is 0 Å². The Morgan fingerprint density at radius 1 is 1.25 bits per heavy atom. The molecule has 0 saturated heterocycles. The second kappa shape index (κ2) is 3.63. The molecule has 0 aromatic carbocycles. The summed E-state index contributed by atoms with van der Waals surface area (Å²) < 4.78 is 5.54. The average Bonchev–Trinajstić information content (AvgIpc) is 2.21. The van der Waals surface area contributed by atoms with Crippen LogP contribution in [0.2, 0.25) is 0 Å². The molecule has 0 spiro atoms. The lowest BCUT2D eigenvalue weighted by atomic mass is 10.1. The lowest BCUT2D eigenvalue weighted by Crippen LogP contribution is -2.32. The first-order valence-corrected chi connectivity index (χ1v) is 4.25. The minimum atomic E-state index is 0.236. The highest BCUT2D eigenvalue weighted by atomic mass is 16.5. The fraction of sp³-hybridized carbons (Fsp3) is 0.556. The van der Waals surface area contributed by atoms with Crippen molar-refractivity contribution >= 4 is 12.4 Å². The van der Waals surface area contributed by atoms with Crippen molar-refractivity contribution in [2.45, 2.75) is 18.6 Å². The number of ether oxygens (including phenoxy) is 1. The Balaban J connectivity index is 1.95. The molecule has 3 nitrogen and oxygen atoms in total. The third-order valence-electron chi connectivity index (χ3n) is 2.11. The van der Waals surface area contributed by atoms with Crippen LogP contribution in [0.4, 0.5) is 0 Å². The van der Waals surface area contributed by atoms with E-state index in [0.29, 0.717) is 0 Å². The number of rotatable bonds is 1. The smallest absolute Gasteiger partial charge is 0.0959 e. The second-order valence-corrected chi connectivity index (χ2v) is 2.96. The van der Waals surface area contributed by atoms with Gasteiger partial charge in [-0.3, -0.25) is 9.98 Å². The summed E-state index contributed by atoms with van der Waals surface area (Å²) in [6, 6.07) is 0.236. The van der Waals surface area contributed by atoms with E-state index in [1.807, 2.05) is 6.08 Å². The Bertz CT molecular complexity index is 233. The third-order valence-corrected chi connectivity index (χ3v) is 2.11. The van der Waals surface area contributed by atoms with Crippen molar-refractivity contribution in [2.24, 2.45) is 9.98 Å². The molecule has 0 bridgehead atoms. The number of hydrogen-bond donors (Lipinski definition) is 0. The van der Waals surface area contributed by atoms with Gasteiger partial charge >= 0.3 is 0 Å². The molecule has 0 aromatic heterocycles. The summed E-state index contributed by atoms with van der Waals surface area (Å²) in [5.74, 6) is 0. The Hall–Kier alpha value is -0.960. The van der Waals surface area contributed by atoms with E-state index < -0.39 is 0 Å². The zero-order valence-corrected chi connectivity index (χ0v) is 6.89. The van der Waals surface area contributed by atoms with E-state index in [-0.39, 0.29) is 12.1 Å². The Kier molecular flexibility index (Phi) is 2.32. The summed E-state index contributed by atoms with van der Waals surface area (Å²) in [7, 11) is 0. The van der Waals surface area contributed by atoms with Crippen molar-refractivity contribution < 1.29 is 4.74 Å². The van der Waals surface area contributed by atoms with Gasteiger partial charge in [-0.1, -0.05) is 12.2 Å². The van der Waals surface area contributed by atoms with Gasteiger partial charge in [-0.25, -0.2) is 0 Å². The molecule has 0 amide bonds. The predicted octanol–water partition coefficient (Wildman–Crippen LogP) is 0.855. The summed E-state index contributed by atoms with van der Waals surface area (Å²) >= 11 is 0.